The molecule has 0 bridgehead atoms. The van der Waals surface area contributed by atoms with Crippen molar-refractivity contribution in [2.24, 2.45) is 11.3 Å². The van der Waals surface area contributed by atoms with E-state index in [0.717, 1.165) is 19.4 Å². The van der Waals surface area contributed by atoms with Gasteiger partial charge in [0, 0.05) is 24.0 Å². The van der Waals surface area contributed by atoms with Crippen molar-refractivity contribution >= 4 is 23.6 Å². The van der Waals surface area contributed by atoms with Crippen molar-refractivity contribution < 1.29 is 19.4 Å². The van der Waals surface area contributed by atoms with Crippen molar-refractivity contribution in [1.29, 1.82) is 0 Å². The molecule has 1 aliphatic heterocycles. The maximum Gasteiger partial charge on any atom is 0.316 e. The highest BCUT2D eigenvalue weighted by molar-refractivity contribution is 8.00. The minimum atomic E-state index is -0.891. The van der Waals surface area contributed by atoms with Gasteiger partial charge in [0.15, 0.2) is 0 Å². The van der Waals surface area contributed by atoms with Crippen molar-refractivity contribution in [3.05, 3.63) is 29.8 Å². The number of hydrogen-bond donors (Lipinski definition) is 2. The van der Waals surface area contributed by atoms with E-state index in [4.69, 9.17) is 9.84 Å². The Morgan fingerprint density at radius 1 is 1.35 bits per heavy atom. The van der Waals surface area contributed by atoms with Crippen LogP contribution in [0, 0.1) is 11.3 Å². The number of benzene rings is 1. The Hall–Kier alpha value is -1.53. The van der Waals surface area contributed by atoms with Crippen molar-refractivity contribution in [3.8, 4) is 0 Å². The second kappa shape index (κ2) is 8.91. The van der Waals surface area contributed by atoms with Crippen LogP contribution in [0.25, 0.3) is 0 Å². The topological polar surface area (TPSA) is 75.6 Å². The number of carboxylic acid groups (broad SMARTS) is 1. The SMILES string of the molecule is CC(Sc1ccccc1C(=O)NCC1CCCOC1C(C)(C)C)C(=O)O. The summed E-state index contributed by atoms with van der Waals surface area (Å²) in [5.41, 5.74) is 0.551. The van der Waals surface area contributed by atoms with Crippen LogP contribution >= 0.6 is 11.8 Å². The molecule has 3 unspecified atom stereocenters. The molecule has 0 saturated carbocycles. The lowest BCUT2D eigenvalue weighted by Gasteiger charge is -2.40. The highest BCUT2D eigenvalue weighted by atomic mass is 32.2. The van der Waals surface area contributed by atoms with E-state index >= 15 is 0 Å². The molecule has 1 aromatic rings. The number of carbonyl (C=O) groups excluding carboxylic acids is 1. The number of nitrogens with one attached hydrogen (secondary N) is 1. The molecule has 1 saturated heterocycles. The van der Waals surface area contributed by atoms with E-state index in [1.807, 2.05) is 6.07 Å². The minimum absolute atomic E-state index is 0.0283. The van der Waals surface area contributed by atoms with E-state index in [1.54, 1.807) is 25.1 Å². The van der Waals surface area contributed by atoms with Crippen molar-refractivity contribution in [1.82, 2.24) is 5.32 Å². The van der Waals surface area contributed by atoms with E-state index in [9.17, 15) is 9.59 Å². The van der Waals surface area contributed by atoms with Crippen LogP contribution in [0.4, 0.5) is 0 Å². The lowest BCUT2D eigenvalue weighted by molar-refractivity contribution is -0.136. The molecule has 1 heterocycles. The Morgan fingerprint density at radius 3 is 2.69 bits per heavy atom. The first-order valence-corrected chi connectivity index (χ1v) is 9.96. The second-order valence-corrected chi connectivity index (χ2v) is 9.25. The standard InChI is InChI=1S/C20H29NO4S/c1-13(19(23)24)26-16-10-6-5-9-15(16)18(22)21-12-14-8-7-11-25-17(14)20(2,3)4/h5-6,9-10,13-14,17H,7-8,11-12H2,1-4H3,(H,21,22)(H,23,24). The Kier molecular flexibility index (Phi) is 7.12. The van der Waals surface area contributed by atoms with Gasteiger partial charge in [-0.05, 0) is 37.3 Å². The smallest absolute Gasteiger partial charge is 0.316 e. The van der Waals surface area contributed by atoms with E-state index in [0.29, 0.717) is 17.0 Å². The summed E-state index contributed by atoms with van der Waals surface area (Å²) in [5, 5.41) is 11.5. The molecular weight excluding hydrogens is 350 g/mol. The predicted molar refractivity (Wildman–Crippen MR) is 104 cm³/mol. The Labute approximate surface area is 159 Å². The average Bonchev–Trinajstić information content (AvgIpc) is 2.59. The molecule has 144 valence electrons. The van der Waals surface area contributed by atoms with Crippen molar-refractivity contribution in [2.45, 2.75) is 56.8 Å². The molecule has 2 rings (SSSR count). The first kappa shape index (κ1) is 20.8. The van der Waals surface area contributed by atoms with Gasteiger partial charge in [-0.25, -0.2) is 0 Å². The summed E-state index contributed by atoms with van der Waals surface area (Å²) in [4.78, 5) is 24.5. The molecule has 0 spiro atoms. The summed E-state index contributed by atoms with van der Waals surface area (Å²) in [6.45, 7) is 9.45. The maximum atomic E-state index is 12.7. The van der Waals surface area contributed by atoms with E-state index in [2.05, 4.69) is 26.1 Å². The van der Waals surface area contributed by atoms with Crippen LogP contribution in [0.3, 0.4) is 0 Å². The highest BCUT2D eigenvalue weighted by Gasteiger charge is 2.35. The number of thioether (sulfide) groups is 1. The van der Waals surface area contributed by atoms with Crippen LogP contribution in [-0.4, -0.2) is 41.5 Å². The summed E-state index contributed by atoms with van der Waals surface area (Å²) in [6, 6.07) is 7.15. The maximum absolute atomic E-state index is 12.7. The molecule has 3 atom stereocenters. The molecule has 1 aliphatic rings. The fraction of sp³-hybridized carbons (Fsp3) is 0.600. The Balaban J connectivity index is 2.05. The highest BCUT2D eigenvalue weighted by Crippen LogP contribution is 2.34. The average molecular weight is 380 g/mol. The van der Waals surface area contributed by atoms with Gasteiger partial charge in [0.05, 0.1) is 11.7 Å². The molecule has 5 nitrogen and oxygen atoms in total. The summed E-state index contributed by atoms with van der Waals surface area (Å²) >= 11 is 1.19. The first-order valence-electron chi connectivity index (χ1n) is 9.08. The van der Waals surface area contributed by atoms with Crippen LogP contribution in [0.2, 0.25) is 0 Å². The fourth-order valence-corrected chi connectivity index (χ4v) is 4.25. The number of carbonyl (C=O) groups is 2. The number of rotatable bonds is 6. The van der Waals surface area contributed by atoms with Gasteiger partial charge in [0.2, 0.25) is 0 Å². The summed E-state index contributed by atoms with van der Waals surface area (Å²) in [7, 11) is 0. The van der Waals surface area contributed by atoms with Crippen LogP contribution in [0.1, 0.15) is 50.9 Å². The fourth-order valence-electron chi connectivity index (χ4n) is 3.33. The van der Waals surface area contributed by atoms with Gasteiger partial charge < -0.3 is 15.2 Å². The summed E-state index contributed by atoms with van der Waals surface area (Å²) < 4.78 is 5.98. The quantitative estimate of drug-likeness (QED) is 0.735. The zero-order chi connectivity index (χ0) is 19.3. The molecule has 0 aromatic heterocycles. The molecule has 26 heavy (non-hydrogen) atoms. The third kappa shape index (κ3) is 5.48. The number of carboxylic acids is 1. The summed E-state index contributed by atoms with van der Waals surface area (Å²) in [5.74, 6) is -0.771. The first-order chi connectivity index (χ1) is 12.2. The third-order valence-electron chi connectivity index (χ3n) is 4.61. The monoisotopic (exact) mass is 379 g/mol. The van der Waals surface area contributed by atoms with Gasteiger partial charge in [-0.2, -0.15) is 0 Å². The van der Waals surface area contributed by atoms with E-state index in [1.165, 1.54) is 11.8 Å². The van der Waals surface area contributed by atoms with Gasteiger partial charge in [0.25, 0.3) is 5.91 Å². The Bertz CT molecular complexity index is 641. The molecule has 1 amide bonds. The third-order valence-corrected chi connectivity index (χ3v) is 5.77. The number of aliphatic carboxylic acids is 1. The van der Waals surface area contributed by atoms with Gasteiger partial charge in [-0.3, -0.25) is 9.59 Å². The van der Waals surface area contributed by atoms with Gasteiger partial charge in [0.1, 0.15) is 5.25 Å². The number of hydrogen-bond acceptors (Lipinski definition) is 4. The zero-order valence-corrected chi connectivity index (χ0v) is 16.8. The van der Waals surface area contributed by atoms with Crippen molar-refractivity contribution in [3.63, 3.8) is 0 Å². The lowest BCUT2D eigenvalue weighted by atomic mass is 9.78. The van der Waals surface area contributed by atoms with Crippen LogP contribution in [-0.2, 0) is 9.53 Å². The van der Waals surface area contributed by atoms with E-state index in [-0.39, 0.29) is 23.3 Å². The normalized spacial score (nSPS) is 21.8. The van der Waals surface area contributed by atoms with Gasteiger partial charge >= 0.3 is 5.97 Å². The largest absolute Gasteiger partial charge is 0.480 e. The second-order valence-electron chi connectivity index (χ2n) is 7.86. The molecule has 6 heteroatoms. The van der Waals surface area contributed by atoms with Gasteiger partial charge in [-0.1, -0.05) is 32.9 Å². The molecular formula is C20H29NO4S. The molecule has 1 fully saturated rings. The minimum Gasteiger partial charge on any atom is -0.480 e. The molecule has 0 aliphatic carbocycles. The number of ether oxygens (including phenoxy) is 1. The zero-order valence-electron chi connectivity index (χ0n) is 16.0. The van der Waals surface area contributed by atoms with Crippen molar-refractivity contribution in [2.75, 3.05) is 13.2 Å². The molecule has 0 radical (unpaired) electrons. The van der Waals surface area contributed by atoms with Crippen LogP contribution < -0.4 is 5.32 Å². The van der Waals surface area contributed by atoms with Crippen LogP contribution in [0.5, 0.6) is 0 Å². The van der Waals surface area contributed by atoms with Gasteiger partial charge in [-0.15, -0.1) is 11.8 Å². The summed E-state index contributed by atoms with van der Waals surface area (Å²) in [6.07, 6.45) is 2.16. The molecule has 2 N–H and O–H groups in total. The Morgan fingerprint density at radius 2 is 2.04 bits per heavy atom. The lowest BCUT2D eigenvalue weighted by Crippen LogP contribution is -2.45. The number of amides is 1. The predicted octanol–water partition coefficient (Wildman–Crippen LogP) is 3.82. The van der Waals surface area contributed by atoms with Crippen LogP contribution in [0.15, 0.2) is 29.2 Å². The van der Waals surface area contributed by atoms with E-state index < -0.39 is 11.2 Å². The molecule has 1 aromatic carbocycles.